The molecule has 0 spiro atoms. The largest absolute Gasteiger partial charge is 0.343 e. The molecule has 1 fully saturated rings. The molecule has 3 rings (SSSR count). The number of hydrogen-bond donors (Lipinski definition) is 0. The van der Waals surface area contributed by atoms with Crippen molar-refractivity contribution >= 4 is 11.8 Å². The zero-order chi connectivity index (χ0) is 20.6. The molecule has 1 aromatic heterocycles. The van der Waals surface area contributed by atoms with Crippen LogP contribution in [0, 0.1) is 5.92 Å². The fraction of sp³-hybridized carbons (Fsp3) is 0.545. The fourth-order valence-corrected chi connectivity index (χ4v) is 3.91. The summed E-state index contributed by atoms with van der Waals surface area (Å²) in [7, 11) is 0. The van der Waals surface area contributed by atoms with Crippen molar-refractivity contribution in [3.63, 3.8) is 0 Å². The van der Waals surface area contributed by atoms with Crippen molar-refractivity contribution in [3.8, 4) is 0 Å². The first kappa shape index (κ1) is 21.0. The van der Waals surface area contributed by atoms with Gasteiger partial charge >= 0.3 is 0 Å². The van der Waals surface area contributed by atoms with Crippen LogP contribution in [-0.2, 0) is 17.8 Å². The number of carbonyl (C=O) groups is 2. The van der Waals surface area contributed by atoms with Gasteiger partial charge in [-0.15, -0.1) is 5.10 Å². The molecule has 7 nitrogen and oxygen atoms in total. The second kappa shape index (κ2) is 10.2. The molecule has 0 bridgehead atoms. The average molecular weight is 398 g/mol. The molecule has 1 aliphatic rings. The van der Waals surface area contributed by atoms with E-state index in [1.54, 1.807) is 15.8 Å². The molecular formula is C22H31N5O2. The van der Waals surface area contributed by atoms with E-state index >= 15 is 0 Å². The highest BCUT2D eigenvalue weighted by atomic mass is 16.2. The molecule has 0 unspecified atom stereocenters. The van der Waals surface area contributed by atoms with Crippen molar-refractivity contribution in [2.24, 2.45) is 5.92 Å². The van der Waals surface area contributed by atoms with Crippen LogP contribution in [-0.4, -0.2) is 62.8 Å². The maximum absolute atomic E-state index is 12.9. The van der Waals surface area contributed by atoms with Crippen molar-refractivity contribution in [2.45, 2.75) is 46.1 Å². The summed E-state index contributed by atoms with van der Waals surface area (Å²) >= 11 is 0. The number of piperidine rings is 1. The van der Waals surface area contributed by atoms with Gasteiger partial charge in [0.05, 0.1) is 12.1 Å². The van der Waals surface area contributed by atoms with E-state index in [9.17, 15) is 9.59 Å². The van der Waals surface area contributed by atoms with Gasteiger partial charge in [0.1, 0.15) is 0 Å². The molecule has 0 saturated carbocycles. The molecule has 2 aromatic rings. The summed E-state index contributed by atoms with van der Waals surface area (Å²) in [5.41, 5.74) is 1.65. The van der Waals surface area contributed by atoms with Gasteiger partial charge in [0.2, 0.25) is 5.91 Å². The zero-order valence-electron chi connectivity index (χ0n) is 17.5. The number of rotatable bonds is 8. The number of benzene rings is 1. The van der Waals surface area contributed by atoms with Crippen LogP contribution < -0.4 is 0 Å². The molecule has 29 heavy (non-hydrogen) atoms. The predicted molar refractivity (Wildman–Crippen MR) is 111 cm³/mol. The Labute approximate surface area is 172 Å². The monoisotopic (exact) mass is 397 g/mol. The maximum atomic E-state index is 12.9. The van der Waals surface area contributed by atoms with Crippen molar-refractivity contribution < 1.29 is 9.59 Å². The molecule has 2 amide bonds. The van der Waals surface area contributed by atoms with Crippen molar-refractivity contribution in [3.05, 3.63) is 47.8 Å². The third-order valence-electron chi connectivity index (χ3n) is 5.59. The van der Waals surface area contributed by atoms with Gasteiger partial charge in [0, 0.05) is 32.7 Å². The minimum Gasteiger partial charge on any atom is -0.343 e. The Morgan fingerprint density at radius 1 is 1.17 bits per heavy atom. The number of aryl methyl sites for hydroxylation is 2. The number of hydrogen-bond acceptors (Lipinski definition) is 4. The molecular weight excluding hydrogens is 366 g/mol. The molecule has 0 radical (unpaired) electrons. The van der Waals surface area contributed by atoms with Crippen molar-refractivity contribution in [1.82, 2.24) is 24.8 Å². The SMILES string of the molecule is CCN(CC)C(=O)[C@H]1CCCN(C(=O)c2cn(CCCc3ccccc3)nn2)C1. The van der Waals surface area contributed by atoms with Crippen LogP contribution >= 0.6 is 0 Å². The topological polar surface area (TPSA) is 71.3 Å². The van der Waals surface area contributed by atoms with Crippen LogP contribution in [0.3, 0.4) is 0 Å². The van der Waals surface area contributed by atoms with E-state index in [1.807, 2.05) is 36.9 Å². The second-order valence-electron chi connectivity index (χ2n) is 7.56. The standard InChI is InChI=1S/C22H31N5O2/c1-3-25(4-2)21(28)19-13-9-14-26(16-19)22(29)20-17-27(24-23-20)15-8-12-18-10-6-5-7-11-18/h5-7,10-11,17,19H,3-4,8-9,12-16H2,1-2H3/t19-/m0/s1. The average Bonchev–Trinajstić information content (AvgIpc) is 3.24. The highest BCUT2D eigenvalue weighted by molar-refractivity contribution is 5.92. The van der Waals surface area contributed by atoms with Gasteiger partial charge in [0.25, 0.3) is 5.91 Å². The van der Waals surface area contributed by atoms with E-state index in [-0.39, 0.29) is 17.7 Å². The van der Waals surface area contributed by atoms with E-state index in [0.717, 1.165) is 32.2 Å². The molecule has 1 aliphatic heterocycles. The van der Waals surface area contributed by atoms with E-state index in [1.165, 1.54) is 5.56 Å². The number of carbonyl (C=O) groups excluding carboxylic acids is 2. The number of likely N-dealkylation sites (tertiary alicyclic amines) is 1. The normalized spacial score (nSPS) is 16.6. The van der Waals surface area contributed by atoms with Gasteiger partial charge < -0.3 is 9.80 Å². The van der Waals surface area contributed by atoms with Crippen LogP contribution in [0.2, 0.25) is 0 Å². The molecule has 1 atom stereocenters. The lowest BCUT2D eigenvalue weighted by molar-refractivity contribution is -0.136. The van der Waals surface area contributed by atoms with Gasteiger partial charge in [-0.2, -0.15) is 0 Å². The Morgan fingerprint density at radius 3 is 2.66 bits per heavy atom. The summed E-state index contributed by atoms with van der Waals surface area (Å²) in [6, 6.07) is 10.3. The van der Waals surface area contributed by atoms with Crippen molar-refractivity contribution in [2.75, 3.05) is 26.2 Å². The first-order chi connectivity index (χ1) is 14.1. The quantitative estimate of drug-likeness (QED) is 0.687. The van der Waals surface area contributed by atoms with Crippen LogP contribution in [0.1, 0.15) is 49.2 Å². The van der Waals surface area contributed by atoms with E-state index < -0.39 is 0 Å². The minimum atomic E-state index is -0.128. The molecule has 0 N–H and O–H groups in total. The summed E-state index contributed by atoms with van der Waals surface area (Å²) in [4.78, 5) is 29.1. The Bertz CT molecular complexity index is 801. The molecule has 1 saturated heterocycles. The Balaban J connectivity index is 1.54. The van der Waals surface area contributed by atoms with E-state index in [2.05, 4.69) is 22.4 Å². The zero-order valence-corrected chi connectivity index (χ0v) is 17.5. The Morgan fingerprint density at radius 2 is 1.93 bits per heavy atom. The Hall–Kier alpha value is -2.70. The highest BCUT2D eigenvalue weighted by Crippen LogP contribution is 2.20. The lowest BCUT2D eigenvalue weighted by atomic mass is 9.96. The summed E-state index contributed by atoms with van der Waals surface area (Å²) < 4.78 is 1.73. The van der Waals surface area contributed by atoms with Crippen LogP contribution in [0.5, 0.6) is 0 Å². The maximum Gasteiger partial charge on any atom is 0.276 e. The Kier molecular flexibility index (Phi) is 7.38. The van der Waals surface area contributed by atoms with Gasteiger partial charge in [-0.1, -0.05) is 35.5 Å². The first-order valence-corrected chi connectivity index (χ1v) is 10.6. The number of aromatic nitrogens is 3. The van der Waals surface area contributed by atoms with Crippen LogP contribution in [0.15, 0.2) is 36.5 Å². The number of amides is 2. The van der Waals surface area contributed by atoms with Crippen molar-refractivity contribution in [1.29, 1.82) is 0 Å². The highest BCUT2D eigenvalue weighted by Gasteiger charge is 2.31. The first-order valence-electron chi connectivity index (χ1n) is 10.6. The smallest absolute Gasteiger partial charge is 0.276 e. The van der Waals surface area contributed by atoms with E-state index in [0.29, 0.717) is 31.9 Å². The van der Waals surface area contributed by atoms with Gasteiger partial charge in [-0.25, -0.2) is 0 Å². The van der Waals surface area contributed by atoms with Crippen LogP contribution in [0.4, 0.5) is 0 Å². The lowest BCUT2D eigenvalue weighted by Crippen LogP contribution is -2.46. The lowest BCUT2D eigenvalue weighted by Gasteiger charge is -2.34. The molecule has 7 heteroatoms. The van der Waals surface area contributed by atoms with Gasteiger partial charge in [-0.05, 0) is 45.1 Å². The molecule has 0 aliphatic carbocycles. The van der Waals surface area contributed by atoms with Crippen LogP contribution in [0.25, 0.3) is 0 Å². The fourth-order valence-electron chi connectivity index (χ4n) is 3.91. The second-order valence-corrected chi connectivity index (χ2v) is 7.56. The molecule has 2 heterocycles. The summed E-state index contributed by atoms with van der Waals surface area (Å²) in [6.45, 7) is 7.25. The van der Waals surface area contributed by atoms with E-state index in [4.69, 9.17) is 0 Å². The molecule has 1 aromatic carbocycles. The van der Waals surface area contributed by atoms with Gasteiger partial charge in [0.15, 0.2) is 5.69 Å². The third-order valence-corrected chi connectivity index (χ3v) is 5.59. The predicted octanol–water partition coefficient (Wildman–Crippen LogP) is 2.63. The number of nitrogens with zero attached hydrogens (tertiary/aromatic N) is 5. The summed E-state index contributed by atoms with van der Waals surface area (Å²) in [6.07, 6.45) is 5.31. The minimum absolute atomic E-state index is 0.117. The molecule has 156 valence electrons. The summed E-state index contributed by atoms with van der Waals surface area (Å²) in [5, 5.41) is 8.20. The summed E-state index contributed by atoms with van der Waals surface area (Å²) in [5.74, 6) is -0.0954. The third kappa shape index (κ3) is 5.43. The van der Waals surface area contributed by atoms with Gasteiger partial charge in [-0.3, -0.25) is 14.3 Å².